The van der Waals surface area contributed by atoms with E-state index in [1.54, 1.807) is 34.1 Å². The predicted octanol–water partition coefficient (Wildman–Crippen LogP) is 3.91. The predicted molar refractivity (Wildman–Crippen MR) is 142 cm³/mol. The number of likely N-dealkylation sites (tertiary alicyclic amines) is 1. The average molecular weight is 587 g/mol. The Morgan fingerprint density at radius 1 is 1.12 bits per heavy atom. The highest BCUT2D eigenvalue weighted by Gasteiger charge is 2.36. The summed E-state index contributed by atoms with van der Waals surface area (Å²) in [5, 5.41) is 13.1. The summed E-state index contributed by atoms with van der Waals surface area (Å²) in [6.07, 6.45) is -5.56. The van der Waals surface area contributed by atoms with Crippen LogP contribution in [-0.4, -0.2) is 91.5 Å². The topological polar surface area (TPSA) is 85.3 Å². The minimum atomic E-state index is -4.21. The number of carbonyl (C=O) groups is 2. The van der Waals surface area contributed by atoms with Gasteiger partial charge in [-0.1, -0.05) is 17.7 Å². The zero-order chi connectivity index (χ0) is 29.0. The number of aliphatic hydroxyl groups excluding tert-OH is 1. The van der Waals surface area contributed by atoms with E-state index in [1.165, 1.54) is 19.2 Å². The number of β-amino-alcohol motifs (C(OH)–C–C–N with tert-alkyl or cyclic N) is 1. The number of nitrogens with zero attached hydrogens (tertiary/aromatic N) is 3. The lowest BCUT2D eigenvalue weighted by molar-refractivity contribution is -0.146. The second-order valence-corrected chi connectivity index (χ2v) is 10.4. The highest BCUT2D eigenvalue weighted by Crippen LogP contribution is 2.31. The Bertz CT molecular complexity index is 1220. The van der Waals surface area contributed by atoms with Crippen molar-refractivity contribution in [1.82, 2.24) is 9.80 Å². The van der Waals surface area contributed by atoms with E-state index in [1.807, 2.05) is 4.90 Å². The molecular weight excluding hydrogens is 556 g/mol. The van der Waals surface area contributed by atoms with Crippen molar-refractivity contribution in [3.05, 3.63) is 58.4 Å². The van der Waals surface area contributed by atoms with Gasteiger partial charge in [0.15, 0.2) is 0 Å². The molecule has 40 heavy (non-hydrogen) atoms. The normalized spacial score (nSPS) is 20.5. The highest BCUT2D eigenvalue weighted by atomic mass is 35.5. The van der Waals surface area contributed by atoms with Crippen LogP contribution < -0.4 is 10.2 Å². The average Bonchev–Trinajstić information content (AvgIpc) is 3.27. The molecule has 2 aromatic rings. The van der Waals surface area contributed by atoms with Crippen LogP contribution in [0.15, 0.2) is 36.4 Å². The molecule has 2 aliphatic heterocycles. The van der Waals surface area contributed by atoms with Gasteiger partial charge in [0, 0.05) is 57.3 Å². The molecule has 0 saturated carbocycles. The molecule has 1 amide bonds. The molecule has 4 rings (SSSR count). The smallest absolute Gasteiger partial charge is 0.390 e. The molecule has 0 aromatic heterocycles. The number of ether oxygens (including phenoxy) is 1. The summed E-state index contributed by atoms with van der Waals surface area (Å²) < 4.78 is 57.6. The van der Waals surface area contributed by atoms with Gasteiger partial charge in [0.2, 0.25) is 0 Å². The summed E-state index contributed by atoms with van der Waals surface area (Å²) in [6.45, 7) is 2.04. The van der Waals surface area contributed by atoms with Gasteiger partial charge >= 0.3 is 12.1 Å². The van der Waals surface area contributed by atoms with Gasteiger partial charge in [-0.2, -0.15) is 13.2 Å². The molecule has 2 saturated heterocycles. The van der Waals surface area contributed by atoms with Crippen LogP contribution in [0.25, 0.3) is 0 Å². The Labute approximate surface area is 234 Å². The van der Waals surface area contributed by atoms with E-state index in [9.17, 15) is 27.9 Å². The van der Waals surface area contributed by atoms with Gasteiger partial charge in [0.25, 0.3) is 5.91 Å². The summed E-state index contributed by atoms with van der Waals surface area (Å²) >= 11 is 6.20. The highest BCUT2D eigenvalue weighted by molar-refractivity contribution is 6.31. The van der Waals surface area contributed by atoms with Gasteiger partial charge in [0.1, 0.15) is 11.9 Å². The summed E-state index contributed by atoms with van der Waals surface area (Å²) in [6, 6.07) is 8.36. The first kappa shape index (κ1) is 30.0. The summed E-state index contributed by atoms with van der Waals surface area (Å²) in [4.78, 5) is 30.4. The largest absolute Gasteiger partial charge is 0.468 e. The number of rotatable bonds is 8. The van der Waals surface area contributed by atoms with Crippen LogP contribution in [0.1, 0.15) is 28.8 Å². The van der Waals surface area contributed by atoms with Crippen molar-refractivity contribution >= 4 is 34.9 Å². The lowest BCUT2D eigenvalue weighted by Crippen LogP contribution is -2.47. The van der Waals surface area contributed by atoms with Gasteiger partial charge < -0.3 is 20.1 Å². The van der Waals surface area contributed by atoms with Gasteiger partial charge in [0.05, 0.1) is 36.6 Å². The third kappa shape index (κ3) is 7.62. The maximum Gasteiger partial charge on any atom is 0.390 e. The number of methoxy groups -OCH3 is 1. The van der Waals surface area contributed by atoms with Crippen LogP contribution >= 0.6 is 11.6 Å². The number of amides is 1. The number of hydrogen-bond donors (Lipinski definition) is 2. The number of carbonyl (C=O) groups excluding carboxylic acids is 2. The molecular formula is C27H31ClF4N4O4. The quantitative estimate of drug-likeness (QED) is 0.358. The molecule has 0 radical (unpaired) electrons. The Morgan fingerprint density at radius 2 is 1.85 bits per heavy atom. The van der Waals surface area contributed by atoms with Crippen LogP contribution in [-0.2, 0) is 16.1 Å². The van der Waals surface area contributed by atoms with Gasteiger partial charge in [-0.15, -0.1) is 0 Å². The number of alkyl halides is 3. The Hall–Kier alpha value is -2.93. The second-order valence-electron chi connectivity index (χ2n) is 9.98. The molecule has 1 unspecified atom stereocenters. The van der Waals surface area contributed by atoms with Crippen LogP contribution in [0, 0.1) is 5.82 Å². The number of anilines is 2. The number of piperazine rings is 1. The van der Waals surface area contributed by atoms with E-state index in [0.29, 0.717) is 48.1 Å². The molecule has 218 valence electrons. The minimum Gasteiger partial charge on any atom is -0.468 e. The van der Waals surface area contributed by atoms with E-state index in [0.717, 1.165) is 0 Å². The summed E-state index contributed by atoms with van der Waals surface area (Å²) in [5.74, 6) is -1.91. The first-order valence-electron chi connectivity index (χ1n) is 12.9. The Morgan fingerprint density at radius 3 is 2.50 bits per heavy atom. The molecule has 2 atom stereocenters. The standard InChI is InChI=1S/C27H31ClF4N4O4/c1-40-26(39)24-14-19(37)16-36(24)15-17-2-4-20(21(29)12-17)25(38)33-22-5-3-18(28)13-23(22)35-10-8-34(9-11-35)7-6-27(30,31)32/h2-5,12-13,19,24,37H,6-11,14-16H2,1H3,(H,33,38)/t19-,24?/m1/s1. The zero-order valence-electron chi connectivity index (χ0n) is 21.9. The minimum absolute atomic E-state index is 0.0760. The molecule has 2 N–H and O–H groups in total. The summed E-state index contributed by atoms with van der Waals surface area (Å²) in [7, 11) is 1.27. The number of esters is 1. The zero-order valence-corrected chi connectivity index (χ0v) is 22.6. The number of benzene rings is 2. The van der Waals surface area contributed by atoms with E-state index >= 15 is 4.39 Å². The van der Waals surface area contributed by atoms with E-state index < -0.39 is 42.4 Å². The monoisotopic (exact) mass is 586 g/mol. The summed E-state index contributed by atoms with van der Waals surface area (Å²) in [5.41, 5.74) is 1.32. The maximum absolute atomic E-state index is 15.1. The van der Waals surface area contributed by atoms with Crippen molar-refractivity contribution in [3.8, 4) is 0 Å². The molecule has 2 heterocycles. The molecule has 13 heteroatoms. The number of halogens is 5. The van der Waals surface area contributed by atoms with Crippen molar-refractivity contribution in [2.24, 2.45) is 0 Å². The van der Waals surface area contributed by atoms with Crippen molar-refractivity contribution in [2.75, 3.05) is 56.6 Å². The van der Waals surface area contributed by atoms with Crippen molar-refractivity contribution in [3.63, 3.8) is 0 Å². The maximum atomic E-state index is 15.1. The van der Waals surface area contributed by atoms with Gasteiger partial charge in [-0.3, -0.25) is 19.4 Å². The second kappa shape index (κ2) is 12.7. The molecule has 0 spiro atoms. The molecule has 2 aliphatic rings. The molecule has 2 aromatic carbocycles. The fourth-order valence-electron chi connectivity index (χ4n) is 5.07. The molecule has 0 aliphatic carbocycles. The van der Waals surface area contributed by atoms with Crippen molar-refractivity contribution in [2.45, 2.75) is 37.7 Å². The van der Waals surface area contributed by atoms with E-state index in [2.05, 4.69) is 5.32 Å². The lowest BCUT2D eigenvalue weighted by Gasteiger charge is -2.37. The van der Waals surface area contributed by atoms with E-state index in [-0.39, 0.29) is 31.6 Å². The fraction of sp³-hybridized carbons (Fsp3) is 0.481. The molecule has 2 fully saturated rings. The fourth-order valence-corrected chi connectivity index (χ4v) is 5.24. The van der Waals surface area contributed by atoms with Crippen LogP contribution in [0.5, 0.6) is 0 Å². The number of hydrogen-bond acceptors (Lipinski definition) is 7. The third-order valence-electron chi connectivity index (χ3n) is 7.15. The van der Waals surface area contributed by atoms with E-state index in [4.69, 9.17) is 16.3 Å². The molecule has 0 bridgehead atoms. The first-order valence-corrected chi connectivity index (χ1v) is 13.2. The Kier molecular flexibility index (Phi) is 9.55. The van der Waals surface area contributed by atoms with Crippen molar-refractivity contribution in [1.29, 1.82) is 0 Å². The third-order valence-corrected chi connectivity index (χ3v) is 7.39. The SMILES string of the molecule is COC(=O)C1C[C@@H](O)CN1Cc1ccc(C(=O)Nc2ccc(Cl)cc2N2CCN(CCC(F)(F)F)CC2)c(F)c1. The van der Waals surface area contributed by atoms with Gasteiger partial charge in [-0.05, 0) is 35.9 Å². The van der Waals surface area contributed by atoms with Crippen LogP contribution in [0.2, 0.25) is 5.02 Å². The van der Waals surface area contributed by atoms with Crippen LogP contribution in [0.3, 0.4) is 0 Å². The first-order chi connectivity index (χ1) is 18.9. The van der Waals surface area contributed by atoms with Crippen LogP contribution in [0.4, 0.5) is 28.9 Å². The molecule has 8 nitrogen and oxygen atoms in total. The number of nitrogens with one attached hydrogen (secondary N) is 1. The number of aliphatic hydroxyl groups is 1. The van der Waals surface area contributed by atoms with Gasteiger partial charge in [-0.25, -0.2) is 4.39 Å². The Balaban J connectivity index is 1.42. The van der Waals surface area contributed by atoms with Crippen molar-refractivity contribution < 1.29 is 37.0 Å². The lowest BCUT2D eigenvalue weighted by atomic mass is 10.1.